The number of nitrogens with one attached hydrogen (secondary N) is 2. The number of aromatic nitrogens is 4. The molecule has 0 bridgehead atoms. The Morgan fingerprint density at radius 3 is 2.78 bits per heavy atom. The number of aryl methyl sites for hydroxylation is 1. The van der Waals surface area contributed by atoms with Crippen LogP contribution in [0.15, 0.2) is 63.8 Å². The van der Waals surface area contributed by atoms with Crippen molar-refractivity contribution in [2.75, 3.05) is 13.6 Å². The smallest absolute Gasteiger partial charge is 0.294 e. The van der Waals surface area contributed by atoms with E-state index in [9.17, 15) is 9.18 Å². The van der Waals surface area contributed by atoms with Gasteiger partial charge in [0.1, 0.15) is 22.7 Å². The molecule has 3 heterocycles. The number of aromatic amines is 2. The van der Waals surface area contributed by atoms with E-state index in [1.54, 1.807) is 12.1 Å². The molecule has 0 aliphatic heterocycles. The summed E-state index contributed by atoms with van der Waals surface area (Å²) in [6.07, 6.45) is 1.73. The van der Waals surface area contributed by atoms with Crippen LogP contribution in [-0.2, 0) is 13.0 Å². The van der Waals surface area contributed by atoms with Gasteiger partial charge >= 0.3 is 0 Å². The quantitative estimate of drug-likeness (QED) is 0.402. The summed E-state index contributed by atoms with van der Waals surface area (Å²) in [6, 6.07) is 15.8. The minimum absolute atomic E-state index is 0.258. The van der Waals surface area contributed by atoms with Crippen LogP contribution >= 0.6 is 0 Å². The fourth-order valence-electron chi connectivity index (χ4n) is 3.85. The SMILES string of the molecule is CN(CCCc1cc(-c2ccc(F)cc2)n[nH]1)Cc1nc2c(oc3ccccc32)c(=O)[nH]1. The van der Waals surface area contributed by atoms with Crippen LogP contribution < -0.4 is 5.56 Å². The van der Waals surface area contributed by atoms with E-state index in [4.69, 9.17) is 4.42 Å². The lowest BCUT2D eigenvalue weighted by Gasteiger charge is -2.15. The normalized spacial score (nSPS) is 11.7. The third kappa shape index (κ3) is 4.04. The Labute approximate surface area is 182 Å². The van der Waals surface area contributed by atoms with E-state index >= 15 is 0 Å². The molecule has 0 aliphatic rings. The number of rotatable bonds is 7. The molecular weight excluding hydrogens is 409 g/mol. The van der Waals surface area contributed by atoms with E-state index in [-0.39, 0.29) is 17.0 Å². The molecule has 7 nitrogen and oxygen atoms in total. The number of nitrogens with zero attached hydrogens (tertiary/aromatic N) is 3. The highest BCUT2D eigenvalue weighted by Gasteiger charge is 2.14. The van der Waals surface area contributed by atoms with Crippen molar-refractivity contribution in [3.63, 3.8) is 0 Å². The number of fused-ring (bicyclic) bond motifs is 3. The number of benzene rings is 2. The Hall–Kier alpha value is -3.78. The molecule has 2 aromatic carbocycles. The molecule has 0 aliphatic carbocycles. The Bertz CT molecular complexity index is 1430. The first-order valence-corrected chi connectivity index (χ1v) is 10.5. The molecule has 32 heavy (non-hydrogen) atoms. The van der Waals surface area contributed by atoms with Crippen LogP contribution in [0.25, 0.3) is 33.3 Å². The number of H-pyrrole nitrogens is 2. The van der Waals surface area contributed by atoms with Crippen LogP contribution in [0.5, 0.6) is 0 Å². The maximum atomic E-state index is 13.1. The van der Waals surface area contributed by atoms with E-state index in [1.165, 1.54) is 12.1 Å². The summed E-state index contributed by atoms with van der Waals surface area (Å²) in [7, 11) is 1.99. The van der Waals surface area contributed by atoms with Crippen LogP contribution in [0.4, 0.5) is 4.39 Å². The second-order valence-corrected chi connectivity index (χ2v) is 7.92. The number of hydrogen-bond donors (Lipinski definition) is 2. The Balaban J connectivity index is 1.21. The number of hydrogen-bond acceptors (Lipinski definition) is 5. The summed E-state index contributed by atoms with van der Waals surface area (Å²) in [4.78, 5) is 22.0. The van der Waals surface area contributed by atoms with Crippen molar-refractivity contribution in [1.29, 1.82) is 0 Å². The molecule has 0 saturated carbocycles. The van der Waals surface area contributed by atoms with Crippen molar-refractivity contribution in [3.05, 3.63) is 82.3 Å². The molecule has 0 fully saturated rings. The van der Waals surface area contributed by atoms with Crippen LogP contribution in [0, 0.1) is 5.82 Å². The molecular formula is C24H22FN5O2. The Morgan fingerprint density at radius 2 is 1.94 bits per heavy atom. The van der Waals surface area contributed by atoms with Crippen molar-refractivity contribution >= 4 is 22.1 Å². The summed E-state index contributed by atoms with van der Waals surface area (Å²) >= 11 is 0. The van der Waals surface area contributed by atoms with Crippen LogP contribution in [0.1, 0.15) is 17.9 Å². The van der Waals surface area contributed by atoms with Gasteiger partial charge in [-0.15, -0.1) is 0 Å². The second kappa shape index (κ2) is 8.39. The molecule has 0 atom stereocenters. The first-order valence-electron chi connectivity index (χ1n) is 10.5. The topological polar surface area (TPSA) is 90.8 Å². The zero-order valence-corrected chi connectivity index (χ0v) is 17.6. The molecule has 0 spiro atoms. The average Bonchev–Trinajstić information content (AvgIpc) is 3.40. The van der Waals surface area contributed by atoms with E-state index in [0.717, 1.165) is 41.7 Å². The maximum absolute atomic E-state index is 13.1. The average molecular weight is 431 g/mol. The van der Waals surface area contributed by atoms with Gasteiger partial charge in [-0.2, -0.15) is 5.10 Å². The van der Waals surface area contributed by atoms with Gasteiger partial charge in [-0.25, -0.2) is 9.37 Å². The largest absolute Gasteiger partial charge is 0.449 e. The number of furan rings is 1. The van der Waals surface area contributed by atoms with E-state index < -0.39 is 0 Å². The highest BCUT2D eigenvalue weighted by molar-refractivity contribution is 6.01. The summed E-state index contributed by atoms with van der Waals surface area (Å²) in [5.41, 5.74) is 3.95. The van der Waals surface area contributed by atoms with Crippen molar-refractivity contribution in [2.45, 2.75) is 19.4 Å². The molecule has 2 N–H and O–H groups in total. The lowest BCUT2D eigenvalue weighted by molar-refractivity contribution is 0.313. The molecule has 0 radical (unpaired) electrons. The fourth-order valence-corrected chi connectivity index (χ4v) is 3.85. The monoisotopic (exact) mass is 431 g/mol. The van der Waals surface area contributed by atoms with Crippen molar-refractivity contribution in [3.8, 4) is 11.3 Å². The van der Waals surface area contributed by atoms with Gasteiger partial charge in [-0.3, -0.25) is 14.8 Å². The van der Waals surface area contributed by atoms with Gasteiger partial charge in [-0.05, 0) is 68.9 Å². The third-order valence-corrected chi connectivity index (χ3v) is 5.46. The summed E-state index contributed by atoms with van der Waals surface area (Å²) < 4.78 is 18.7. The molecule has 0 saturated heterocycles. The highest BCUT2D eigenvalue weighted by Crippen LogP contribution is 2.24. The highest BCUT2D eigenvalue weighted by atomic mass is 19.1. The molecule has 5 rings (SSSR count). The minimum Gasteiger partial charge on any atom is -0.449 e. The van der Waals surface area contributed by atoms with Crippen LogP contribution in [0.3, 0.4) is 0 Å². The maximum Gasteiger partial charge on any atom is 0.294 e. The van der Waals surface area contributed by atoms with E-state index in [0.29, 0.717) is 23.5 Å². The van der Waals surface area contributed by atoms with Gasteiger partial charge in [0.25, 0.3) is 5.56 Å². The van der Waals surface area contributed by atoms with Gasteiger partial charge < -0.3 is 9.40 Å². The van der Waals surface area contributed by atoms with Crippen molar-refractivity contribution in [1.82, 2.24) is 25.1 Å². The molecule has 162 valence electrons. The summed E-state index contributed by atoms with van der Waals surface area (Å²) in [6.45, 7) is 1.34. The fraction of sp³-hybridized carbons (Fsp3) is 0.208. The second-order valence-electron chi connectivity index (χ2n) is 7.92. The van der Waals surface area contributed by atoms with Gasteiger partial charge in [0.05, 0.1) is 12.2 Å². The van der Waals surface area contributed by atoms with Crippen LogP contribution in [-0.4, -0.2) is 38.7 Å². The van der Waals surface area contributed by atoms with E-state index in [1.807, 2.05) is 37.4 Å². The van der Waals surface area contributed by atoms with Gasteiger partial charge in [-0.1, -0.05) is 12.1 Å². The summed E-state index contributed by atoms with van der Waals surface area (Å²) in [5.74, 6) is 0.347. The van der Waals surface area contributed by atoms with Crippen molar-refractivity contribution < 1.29 is 8.81 Å². The van der Waals surface area contributed by atoms with Crippen molar-refractivity contribution in [2.24, 2.45) is 0 Å². The third-order valence-electron chi connectivity index (χ3n) is 5.46. The van der Waals surface area contributed by atoms with Gasteiger partial charge in [0, 0.05) is 16.6 Å². The molecule has 3 aromatic heterocycles. The number of halogens is 1. The molecule has 0 unspecified atom stereocenters. The van der Waals surface area contributed by atoms with Crippen LogP contribution in [0.2, 0.25) is 0 Å². The zero-order valence-electron chi connectivity index (χ0n) is 17.6. The molecule has 0 amide bonds. The summed E-state index contributed by atoms with van der Waals surface area (Å²) in [5, 5.41) is 8.21. The standard InChI is InChI=1S/C24H22FN5O2/c1-30(12-4-5-17-13-19(29-28-17)15-8-10-16(25)11-9-15)14-21-26-22-18-6-2-3-7-20(18)32-23(22)24(31)27-21/h2-3,6-11,13H,4-5,12,14H2,1H3,(H,28,29)(H,26,27,31). The van der Waals surface area contributed by atoms with E-state index in [2.05, 4.69) is 25.1 Å². The lowest BCUT2D eigenvalue weighted by Crippen LogP contribution is -2.23. The first kappa shape index (κ1) is 20.1. The van der Waals surface area contributed by atoms with Gasteiger partial charge in [0.2, 0.25) is 5.58 Å². The number of para-hydroxylation sites is 1. The predicted octanol–water partition coefficient (Wildman–Crippen LogP) is 4.26. The first-order chi connectivity index (χ1) is 15.6. The predicted molar refractivity (Wildman–Crippen MR) is 121 cm³/mol. The molecule has 5 aromatic rings. The minimum atomic E-state index is -0.264. The zero-order chi connectivity index (χ0) is 22.1. The Morgan fingerprint density at radius 1 is 1.12 bits per heavy atom. The molecule has 8 heteroatoms. The Kier molecular flexibility index (Phi) is 5.28. The van der Waals surface area contributed by atoms with Gasteiger partial charge in [0.15, 0.2) is 0 Å². The lowest BCUT2D eigenvalue weighted by atomic mass is 10.1.